The van der Waals surface area contributed by atoms with Crippen molar-refractivity contribution in [2.45, 2.75) is 70.3 Å². The predicted octanol–water partition coefficient (Wildman–Crippen LogP) is 5.64. The number of hydrogen-bond acceptors (Lipinski definition) is 6. The Labute approximate surface area is 183 Å². The molecule has 0 radical (unpaired) electrons. The first kappa shape index (κ1) is 24.2. The van der Waals surface area contributed by atoms with Crippen LogP contribution in [0.1, 0.15) is 68.1 Å². The topological polar surface area (TPSA) is 81.7 Å². The lowest BCUT2D eigenvalue weighted by Crippen LogP contribution is -2.17. The van der Waals surface area contributed by atoms with E-state index >= 15 is 0 Å². The summed E-state index contributed by atoms with van der Waals surface area (Å²) in [5, 5.41) is 1.55. The molecule has 2 rings (SSSR count). The summed E-state index contributed by atoms with van der Waals surface area (Å²) in [4.78, 5) is 11.8. The van der Waals surface area contributed by atoms with E-state index in [0.29, 0.717) is 11.4 Å². The molecule has 0 unspecified atom stereocenters. The molecule has 1 aromatic heterocycles. The van der Waals surface area contributed by atoms with Crippen molar-refractivity contribution in [3.05, 3.63) is 40.1 Å². The molecule has 2 aromatic rings. The fourth-order valence-electron chi connectivity index (χ4n) is 3.04. The summed E-state index contributed by atoms with van der Waals surface area (Å²) in [7, 11) is -2.75. The molecule has 6 nitrogen and oxygen atoms in total. The zero-order chi connectivity index (χ0) is 22.1. The van der Waals surface area contributed by atoms with E-state index in [1.807, 2.05) is 26.0 Å². The molecule has 8 heteroatoms. The molecule has 166 valence electrons. The van der Waals surface area contributed by atoms with Crippen LogP contribution in [0, 0.1) is 0 Å². The van der Waals surface area contributed by atoms with E-state index in [1.54, 1.807) is 11.4 Å². The van der Waals surface area contributed by atoms with Crippen molar-refractivity contribution in [1.29, 1.82) is 0 Å². The molecular weight excluding hydrogens is 422 g/mol. The highest BCUT2D eigenvalue weighted by atomic mass is 32.2. The number of ether oxygens (including phenoxy) is 2. The van der Waals surface area contributed by atoms with Gasteiger partial charge in [0.15, 0.2) is 0 Å². The summed E-state index contributed by atoms with van der Waals surface area (Å²) < 4.78 is 39.0. The molecule has 1 heterocycles. The number of nitrogens with one attached hydrogen (secondary N) is 1. The van der Waals surface area contributed by atoms with E-state index in [1.165, 1.54) is 38.9 Å². The largest absolute Gasteiger partial charge is 0.489 e. The zero-order valence-corrected chi connectivity index (χ0v) is 19.7. The highest BCUT2D eigenvalue weighted by molar-refractivity contribution is 7.93. The summed E-state index contributed by atoms with van der Waals surface area (Å²) in [6.45, 7) is 5.98. The Balaban J connectivity index is 2.23. The lowest BCUT2D eigenvalue weighted by atomic mass is 10.0. The molecule has 0 saturated heterocycles. The van der Waals surface area contributed by atoms with Crippen LogP contribution < -0.4 is 9.46 Å². The third-order valence-corrected chi connectivity index (χ3v) is 6.94. The van der Waals surface area contributed by atoms with Gasteiger partial charge in [-0.1, -0.05) is 38.7 Å². The molecule has 0 aliphatic rings. The van der Waals surface area contributed by atoms with Crippen LogP contribution in [0.3, 0.4) is 0 Å². The predicted molar refractivity (Wildman–Crippen MR) is 121 cm³/mol. The summed E-state index contributed by atoms with van der Waals surface area (Å²) >= 11 is 1.03. The Hall–Kier alpha value is -2.06. The standard InChI is InChI=1S/C22H31NO5S2/c1-5-6-7-8-9-10-17-11-12-18(19(15-17)28-16(2)3)23-30(25,26)20-13-14-29-21(20)22(24)27-4/h11-16,23H,5-10H2,1-4H3. The van der Waals surface area contributed by atoms with Gasteiger partial charge >= 0.3 is 5.97 Å². The van der Waals surface area contributed by atoms with Gasteiger partial charge in [-0.05, 0) is 55.8 Å². The minimum Gasteiger partial charge on any atom is -0.489 e. The molecule has 0 aliphatic carbocycles. The van der Waals surface area contributed by atoms with E-state index in [9.17, 15) is 13.2 Å². The maximum absolute atomic E-state index is 12.9. The minimum atomic E-state index is -3.97. The van der Waals surface area contributed by atoms with Crippen LogP contribution in [-0.2, 0) is 21.2 Å². The Bertz CT molecular complexity index is 935. The van der Waals surface area contributed by atoms with Gasteiger partial charge in [0.25, 0.3) is 10.0 Å². The van der Waals surface area contributed by atoms with Crippen molar-refractivity contribution in [2.75, 3.05) is 11.8 Å². The van der Waals surface area contributed by atoms with Gasteiger partial charge in [0.2, 0.25) is 0 Å². The fraction of sp³-hybridized carbons (Fsp3) is 0.500. The molecule has 0 amide bonds. The number of methoxy groups -OCH3 is 1. The number of anilines is 1. The van der Waals surface area contributed by atoms with Gasteiger partial charge in [-0.2, -0.15) is 0 Å². The van der Waals surface area contributed by atoms with Gasteiger partial charge in [-0.15, -0.1) is 11.3 Å². The van der Waals surface area contributed by atoms with Crippen LogP contribution in [0.25, 0.3) is 0 Å². The van der Waals surface area contributed by atoms with Crippen LogP contribution in [0.4, 0.5) is 5.69 Å². The van der Waals surface area contributed by atoms with Crippen LogP contribution in [-0.4, -0.2) is 27.6 Å². The van der Waals surface area contributed by atoms with E-state index < -0.39 is 16.0 Å². The van der Waals surface area contributed by atoms with Crippen LogP contribution in [0.2, 0.25) is 0 Å². The lowest BCUT2D eigenvalue weighted by Gasteiger charge is -2.17. The number of hydrogen-bond donors (Lipinski definition) is 1. The van der Waals surface area contributed by atoms with Gasteiger partial charge in [0.1, 0.15) is 15.5 Å². The van der Waals surface area contributed by atoms with Crippen LogP contribution in [0.5, 0.6) is 5.75 Å². The number of benzene rings is 1. The maximum Gasteiger partial charge on any atom is 0.349 e. The molecule has 30 heavy (non-hydrogen) atoms. The second kappa shape index (κ2) is 11.4. The van der Waals surface area contributed by atoms with Gasteiger partial charge in [-0.3, -0.25) is 4.72 Å². The molecule has 0 atom stereocenters. The number of rotatable bonds is 12. The molecule has 0 aliphatic heterocycles. The Morgan fingerprint density at radius 1 is 1.13 bits per heavy atom. The number of carbonyl (C=O) groups is 1. The number of sulfonamides is 1. The smallest absolute Gasteiger partial charge is 0.349 e. The van der Waals surface area contributed by atoms with Gasteiger partial charge < -0.3 is 9.47 Å². The summed E-state index contributed by atoms with van der Waals surface area (Å²) in [6, 6.07) is 6.93. The Kier molecular flexibility index (Phi) is 9.17. The SMILES string of the molecule is CCCCCCCc1ccc(NS(=O)(=O)c2ccsc2C(=O)OC)c(OC(C)C)c1. The average Bonchev–Trinajstić information content (AvgIpc) is 3.19. The first-order valence-electron chi connectivity index (χ1n) is 10.3. The third-order valence-electron chi connectivity index (χ3n) is 4.51. The van der Waals surface area contributed by atoms with E-state index in [4.69, 9.17) is 4.74 Å². The highest BCUT2D eigenvalue weighted by Crippen LogP contribution is 2.32. The van der Waals surface area contributed by atoms with Crippen molar-refractivity contribution in [2.24, 2.45) is 0 Å². The van der Waals surface area contributed by atoms with Gasteiger partial charge in [-0.25, -0.2) is 13.2 Å². The minimum absolute atomic E-state index is 0.0417. The molecule has 1 N–H and O–H groups in total. The Morgan fingerprint density at radius 2 is 1.87 bits per heavy atom. The molecular formula is C22H31NO5S2. The second-order valence-electron chi connectivity index (χ2n) is 7.37. The van der Waals surface area contributed by atoms with E-state index in [0.717, 1.165) is 29.7 Å². The average molecular weight is 454 g/mol. The number of aryl methyl sites for hydroxylation is 1. The first-order valence-corrected chi connectivity index (χ1v) is 12.6. The van der Waals surface area contributed by atoms with E-state index in [2.05, 4.69) is 16.4 Å². The molecule has 0 bridgehead atoms. The molecule has 0 spiro atoms. The fourth-order valence-corrected chi connectivity index (χ4v) is 5.45. The van der Waals surface area contributed by atoms with E-state index in [-0.39, 0.29) is 15.9 Å². The van der Waals surface area contributed by atoms with Crippen LogP contribution in [0.15, 0.2) is 34.5 Å². The summed E-state index contributed by atoms with van der Waals surface area (Å²) in [5.74, 6) is -0.197. The van der Waals surface area contributed by atoms with Gasteiger partial charge in [0, 0.05) is 0 Å². The maximum atomic E-state index is 12.9. The normalized spacial score (nSPS) is 11.5. The van der Waals surface area contributed by atoms with Crippen molar-refractivity contribution in [3.63, 3.8) is 0 Å². The number of unbranched alkanes of at least 4 members (excludes halogenated alkanes) is 4. The van der Waals surface area contributed by atoms with Crippen molar-refractivity contribution in [1.82, 2.24) is 0 Å². The quantitative estimate of drug-likeness (QED) is 0.332. The number of esters is 1. The monoisotopic (exact) mass is 453 g/mol. The molecule has 0 fully saturated rings. The second-order valence-corrected chi connectivity index (χ2v) is 9.94. The van der Waals surface area contributed by atoms with Crippen molar-refractivity contribution >= 4 is 33.0 Å². The zero-order valence-electron chi connectivity index (χ0n) is 18.1. The molecule has 0 saturated carbocycles. The summed E-state index contributed by atoms with van der Waals surface area (Å²) in [6.07, 6.45) is 6.76. The number of carbonyl (C=O) groups excluding carboxylic acids is 1. The third kappa shape index (κ3) is 6.74. The lowest BCUT2D eigenvalue weighted by molar-refractivity contribution is 0.0602. The summed E-state index contributed by atoms with van der Waals surface area (Å²) in [5.41, 5.74) is 1.45. The van der Waals surface area contributed by atoms with Crippen molar-refractivity contribution < 1.29 is 22.7 Å². The highest BCUT2D eigenvalue weighted by Gasteiger charge is 2.26. The first-order chi connectivity index (χ1) is 14.3. The van der Waals surface area contributed by atoms with Gasteiger partial charge in [0.05, 0.1) is 18.9 Å². The van der Waals surface area contributed by atoms with Crippen LogP contribution >= 0.6 is 11.3 Å². The van der Waals surface area contributed by atoms with Crippen molar-refractivity contribution in [3.8, 4) is 5.75 Å². The molecule has 1 aromatic carbocycles. The Morgan fingerprint density at radius 3 is 2.53 bits per heavy atom. The number of thiophene rings is 1.